The van der Waals surface area contributed by atoms with Gasteiger partial charge in [0.05, 0.1) is 29.6 Å². The number of guanidine groups is 1. The summed E-state index contributed by atoms with van der Waals surface area (Å²) in [7, 11) is 0. The highest BCUT2D eigenvalue weighted by Gasteiger charge is 2.56. The van der Waals surface area contributed by atoms with E-state index in [1.807, 2.05) is 34.9 Å². The van der Waals surface area contributed by atoms with E-state index in [0.717, 1.165) is 17.7 Å². The van der Waals surface area contributed by atoms with Gasteiger partial charge >= 0.3 is 0 Å². The maximum Gasteiger partial charge on any atom is 0.262 e. The number of anilines is 2. The van der Waals surface area contributed by atoms with Crippen LogP contribution in [0.2, 0.25) is 10.0 Å². The van der Waals surface area contributed by atoms with Gasteiger partial charge in [-0.1, -0.05) is 50.0 Å². The number of carbonyl (C=O) groups excluding carboxylic acids is 1. The van der Waals surface area contributed by atoms with E-state index < -0.39 is 6.10 Å². The summed E-state index contributed by atoms with van der Waals surface area (Å²) in [6, 6.07) is 11.1. The third kappa shape index (κ3) is 6.08. The SMILES string of the molecule is C[C@@H]1C(N=C(Nc2ccc3c(=O)n(CCc4ccc(Cl)cc4Cl)c(N4CC(O)C4)nc3c2)N2CC(=O)N[C@@H](C)C2)CC2C[C@H]1C2(C)C. The number of aliphatic hydroxyl groups is 1. The number of fused-ring (bicyclic) bond motifs is 3. The van der Waals surface area contributed by atoms with E-state index in [0.29, 0.717) is 88.6 Å². The molecule has 0 radical (unpaired) electrons. The molecule has 3 saturated carbocycles. The van der Waals surface area contributed by atoms with Crippen molar-refractivity contribution in [2.45, 2.75) is 71.7 Å². The molecule has 3 aliphatic carbocycles. The molecule has 2 unspecified atom stereocenters. The average molecular weight is 681 g/mol. The van der Waals surface area contributed by atoms with Crippen LogP contribution < -0.4 is 21.1 Å². The summed E-state index contributed by atoms with van der Waals surface area (Å²) in [4.78, 5) is 40.8. The van der Waals surface area contributed by atoms with Gasteiger partial charge in [0.2, 0.25) is 11.9 Å². The highest BCUT2D eigenvalue weighted by Crippen LogP contribution is 2.61. The maximum absolute atomic E-state index is 14.0. The number of aromatic nitrogens is 2. The van der Waals surface area contributed by atoms with Crippen molar-refractivity contribution in [1.82, 2.24) is 19.8 Å². The summed E-state index contributed by atoms with van der Waals surface area (Å²) in [5.74, 6) is 2.91. The van der Waals surface area contributed by atoms with E-state index in [1.54, 1.807) is 22.8 Å². The Morgan fingerprint density at radius 3 is 2.57 bits per heavy atom. The Labute approximate surface area is 285 Å². The van der Waals surface area contributed by atoms with Crippen molar-refractivity contribution in [2.75, 3.05) is 36.4 Å². The number of nitrogens with one attached hydrogen (secondary N) is 2. The van der Waals surface area contributed by atoms with Crippen LogP contribution in [0.3, 0.4) is 0 Å². The van der Waals surface area contributed by atoms with Crippen molar-refractivity contribution in [2.24, 2.45) is 28.2 Å². The lowest BCUT2D eigenvalue weighted by Crippen LogP contribution is -2.58. The first-order valence-electron chi connectivity index (χ1n) is 16.7. The third-order valence-electron chi connectivity index (χ3n) is 11.1. The standard InChI is InChI=1S/C35H43Cl2N7O3/c1-19-15-42(18-31(46)38-19)33(40-29-12-22-11-27(20(29)2)35(22,3)4)39-24-7-8-26-30(14-24)41-34(43-16-25(45)17-43)44(32(26)47)10-9-21-5-6-23(36)13-28(21)37/h5-8,13-14,19-20,22,25,27,29,45H,9-12,15-18H2,1-4H3,(H,38,46)(H,39,40)/t19-,20-,22?,27+,29?/m0/s1. The van der Waals surface area contributed by atoms with Crippen LogP contribution in [0.25, 0.3) is 10.9 Å². The molecule has 10 nitrogen and oxygen atoms in total. The van der Waals surface area contributed by atoms with E-state index in [9.17, 15) is 14.7 Å². The molecule has 0 spiro atoms. The summed E-state index contributed by atoms with van der Waals surface area (Å²) in [6.07, 6.45) is 2.36. The maximum atomic E-state index is 14.0. The quantitative estimate of drug-likeness (QED) is 0.254. The van der Waals surface area contributed by atoms with Crippen LogP contribution in [-0.4, -0.2) is 75.8 Å². The molecule has 1 amide bonds. The summed E-state index contributed by atoms with van der Waals surface area (Å²) in [5, 5.41) is 18.2. The lowest BCUT2D eigenvalue weighted by Gasteiger charge is -2.61. The molecule has 12 heteroatoms. The lowest BCUT2D eigenvalue weighted by molar-refractivity contribution is -0.124. The van der Waals surface area contributed by atoms with Crippen LogP contribution in [0.15, 0.2) is 46.2 Å². The molecule has 5 atom stereocenters. The van der Waals surface area contributed by atoms with Crippen LogP contribution in [0.5, 0.6) is 0 Å². The molecule has 47 heavy (non-hydrogen) atoms. The van der Waals surface area contributed by atoms with Gasteiger partial charge in [-0.3, -0.25) is 14.2 Å². The minimum Gasteiger partial charge on any atom is -0.389 e. The van der Waals surface area contributed by atoms with Crippen LogP contribution >= 0.6 is 23.2 Å². The van der Waals surface area contributed by atoms with Crippen LogP contribution in [0.1, 0.15) is 46.1 Å². The molecule has 5 fully saturated rings. The van der Waals surface area contributed by atoms with Crippen molar-refractivity contribution in [3.8, 4) is 0 Å². The van der Waals surface area contributed by atoms with Crippen molar-refractivity contribution in [1.29, 1.82) is 0 Å². The Bertz CT molecular complexity index is 1800. The number of aliphatic imine (C=N–C) groups is 1. The molecular formula is C35H43Cl2N7O3. The number of aryl methyl sites for hydroxylation is 1. The highest BCUT2D eigenvalue weighted by atomic mass is 35.5. The molecule has 2 aliphatic heterocycles. The Morgan fingerprint density at radius 1 is 1.11 bits per heavy atom. The van der Waals surface area contributed by atoms with E-state index in [1.165, 1.54) is 6.42 Å². The third-order valence-corrected chi connectivity index (χ3v) is 11.7. The number of carbonyl (C=O) groups is 1. The van der Waals surface area contributed by atoms with E-state index in [4.69, 9.17) is 33.2 Å². The van der Waals surface area contributed by atoms with Crippen LogP contribution in [0, 0.1) is 23.2 Å². The second kappa shape index (κ2) is 12.3. The van der Waals surface area contributed by atoms with Crippen LogP contribution in [0.4, 0.5) is 11.6 Å². The van der Waals surface area contributed by atoms with Crippen molar-refractivity contribution in [3.63, 3.8) is 0 Å². The Balaban J connectivity index is 1.21. The molecule has 5 aliphatic rings. The van der Waals surface area contributed by atoms with Crippen molar-refractivity contribution < 1.29 is 9.90 Å². The number of hydrogen-bond donors (Lipinski definition) is 3. The fourth-order valence-electron chi connectivity index (χ4n) is 8.17. The zero-order valence-corrected chi connectivity index (χ0v) is 28.9. The molecule has 1 aromatic heterocycles. The number of hydrogen-bond acceptors (Lipinski definition) is 6. The fourth-order valence-corrected chi connectivity index (χ4v) is 8.68. The van der Waals surface area contributed by atoms with E-state index in [2.05, 4.69) is 31.4 Å². The number of halogens is 2. The Morgan fingerprint density at radius 2 is 1.89 bits per heavy atom. The van der Waals surface area contributed by atoms with Gasteiger partial charge in [0.1, 0.15) is 0 Å². The number of rotatable bonds is 6. The Kier molecular flexibility index (Phi) is 8.42. The monoisotopic (exact) mass is 679 g/mol. The number of nitrogens with zero attached hydrogens (tertiary/aromatic N) is 5. The molecule has 8 rings (SSSR count). The molecule has 2 bridgehead atoms. The van der Waals surface area contributed by atoms with Crippen molar-refractivity contribution >= 4 is 57.6 Å². The summed E-state index contributed by atoms with van der Waals surface area (Å²) < 4.78 is 1.67. The van der Waals surface area contributed by atoms with E-state index in [-0.39, 0.29) is 30.1 Å². The van der Waals surface area contributed by atoms with Gasteiger partial charge in [-0.15, -0.1) is 0 Å². The Hall–Kier alpha value is -3.34. The van der Waals surface area contributed by atoms with Gasteiger partial charge in [0.15, 0.2) is 5.96 Å². The first-order valence-corrected chi connectivity index (χ1v) is 17.4. The molecule has 2 saturated heterocycles. The van der Waals surface area contributed by atoms with Gasteiger partial charge in [0.25, 0.3) is 5.56 Å². The molecule has 3 heterocycles. The van der Waals surface area contributed by atoms with E-state index >= 15 is 0 Å². The zero-order chi connectivity index (χ0) is 33.2. The molecule has 3 aromatic rings. The average Bonchev–Trinajstić information content (AvgIpc) is 2.99. The van der Waals surface area contributed by atoms with Gasteiger partial charge in [0, 0.05) is 48.0 Å². The van der Waals surface area contributed by atoms with Crippen LogP contribution in [-0.2, 0) is 17.8 Å². The molecule has 3 N–H and O–H groups in total. The van der Waals surface area contributed by atoms with Crippen molar-refractivity contribution in [3.05, 3.63) is 62.4 Å². The predicted octanol–water partition coefficient (Wildman–Crippen LogP) is 4.79. The first kappa shape index (κ1) is 32.2. The minimum atomic E-state index is -0.462. The number of benzene rings is 2. The summed E-state index contributed by atoms with van der Waals surface area (Å²) in [6.45, 7) is 11.1. The fraction of sp³-hybridized carbons (Fsp3) is 0.543. The highest BCUT2D eigenvalue weighted by molar-refractivity contribution is 6.35. The zero-order valence-electron chi connectivity index (χ0n) is 27.3. The topological polar surface area (TPSA) is 115 Å². The smallest absolute Gasteiger partial charge is 0.262 e. The number of β-amino-alcohol motifs (C(OH)–C–C–N with tert-alkyl or cyclic N) is 1. The summed E-state index contributed by atoms with van der Waals surface area (Å²) >= 11 is 12.5. The molecule has 2 aromatic carbocycles. The second-order valence-corrected chi connectivity index (χ2v) is 15.4. The predicted molar refractivity (Wildman–Crippen MR) is 188 cm³/mol. The second-order valence-electron chi connectivity index (χ2n) is 14.6. The van der Waals surface area contributed by atoms with Gasteiger partial charge < -0.3 is 25.5 Å². The number of piperazine rings is 1. The van der Waals surface area contributed by atoms with Gasteiger partial charge in [-0.25, -0.2) is 9.98 Å². The normalized spacial score (nSPS) is 27.3. The first-order chi connectivity index (χ1) is 22.4. The largest absolute Gasteiger partial charge is 0.389 e. The molecule has 250 valence electrons. The lowest BCUT2D eigenvalue weighted by atomic mass is 9.45. The van der Waals surface area contributed by atoms with Gasteiger partial charge in [-0.2, -0.15) is 0 Å². The number of aliphatic hydroxyl groups excluding tert-OH is 1. The summed E-state index contributed by atoms with van der Waals surface area (Å²) in [5.41, 5.74) is 2.38. The molecular weight excluding hydrogens is 637 g/mol. The minimum absolute atomic E-state index is 0.00621. The number of amides is 1. The van der Waals surface area contributed by atoms with Gasteiger partial charge in [-0.05, 0) is 85.3 Å².